The second kappa shape index (κ2) is 5.17. The van der Waals surface area contributed by atoms with Crippen LogP contribution in [-0.2, 0) is 9.53 Å². The first-order chi connectivity index (χ1) is 6.75. The Bertz CT molecular complexity index is 229. The lowest BCUT2D eigenvalue weighted by molar-refractivity contribution is -0.140. The number of hydrogen-bond donors (Lipinski definition) is 0. The summed E-state index contributed by atoms with van der Waals surface area (Å²) in [6, 6.07) is 0. The molecule has 0 heterocycles. The third-order valence-electron chi connectivity index (χ3n) is 2.88. The Morgan fingerprint density at radius 3 is 2.36 bits per heavy atom. The van der Waals surface area contributed by atoms with Crippen LogP contribution in [0.15, 0.2) is 0 Å². The van der Waals surface area contributed by atoms with Crippen molar-refractivity contribution < 1.29 is 9.53 Å². The van der Waals surface area contributed by atoms with Crippen molar-refractivity contribution in [2.75, 3.05) is 6.61 Å². The number of carbonyl (C=O) groups excluding carboxylic acids is 1. The van der Waals surface area contributed by atoms with Crippen LogP contribution in [0, 0.1) is 12.3 Å². The average molecular weight is 194 g/mol. The standard InChI is InChI=1S/C12H18O2/c1-3-11(13)12(14-4-2)9-7-5-6-8-10-12/h1H,4-10H2,2H3. The Kier molecular flexibility index (Phi) is 4.16. The monoisotopic (exact) mass is 194 g/mol. The molecule has 1 aliphatic rings. The summed E-state index contributed by atoms with van der Waals surface area (Å²) < 4.78 is 5.61. The van der Waals surface area contributed by atoms with Crippen LogP contribution in [0.5, 0.6) is 0 Å². The Morgan fingerprint density at radius 2 is 1.93 bits per heavy atom. The molecule has 0 aliphatic heterocycles. The zero-order valence-electron chi connectivity index (χ0n) is 8.84. The smallest absolute Gasteiger partial charge is 0.236 e. The van der Waals surface area contributed by atoms with E-state index < -0.39 is 5.60 Å². The quantitative estimate of drug-likeness (QED) is 0.391. The second-order valence-corrected chi connectivity index (χ2v) is 3.81. The second-order valence-electron chi connectivity index (χ2n) is 3.81. The molecule has 0 bridgehead atoms. The van der Waals surface area contributed by atoms with Gasteiger partial charge >= 0.3 is 0 Å². The van der Waals surface area contributed by atoms with Crippen LogP contribution >= 0.6 is 0 Å². The summed E-state index contributed by atoms with van der Waals surface area (Å²) >= 11 is 0. The first-order valence-electron chi connectivity index (χ1n) is 5.40. The lowest BCUT2D eigenvalue weighted by atomic mass is 9.89. The van der Waals surface area contributed by atoms with E-state index in [1.807, 2.05) is 6.92 Å². The van der Waals surface area contributed by atoms with Crippen LogP contribution in [0.3, 0.4) is 0 Å². The van der Waals surface area contributed by atoms with E-state index in [0.717, 1.165) is 25.7 Å². The van der Waals surface area contributed by atoms with Crippen molar-refractivity contribution in [1.82, 2.24) is 0 Å². The summed E-state index contributed by atoms with van der Waals surface area (Å²) in [6.45, 7) is 2.48. The van der Waals surface area contributed by atoms with Crippen molar-refractivity contribution in [3.63, 3.8) is 0 Å². The van der Waals surface area contributed by atoms with Gasteiger partial charge in [-0.15, -0.1) is 6.42 Å². The largest absolute Gasteiger partial charge is 0.366 e. The normalized spacial score (nSPS) is 20.9. The van der Waals surface area contributed by atoms with E-state index in [1.54, 1.807) is 0 Å². The zero-order chi connectivity index (χ0) is 10.4. The predicted octanol–water partition coefficient (Wildman–Crippen LogP) is 2.32. The molecule has 0 aromatic heterocycles. The molecule has 0 aromatic carbocycles. The Hall–Kier alpha value is -0.810. The van der Waals surface area contributed by atoms with Crippen molar-refractivity contribution in [1.29, 1.82) is 0 Å². The summed E-state index contributed by atoms with van der Waals surface area (Å²) in [5.74, 6) is 2.06. The summed E-state index contributed by atoms with van der Waals surface area (Å²) in [5.41, 5.74) is -0.653. The molecule has 0 unspecified atom stereocenters. The topological polar surface area (TPSA) is 26.3 Å². The molecule has 1 saturated carbocycles. The number of carbonyl (C=O) groups is 1. The zero-order valence-corrected chi connectivity index (χ0v) is 8.84. The minimum atomic E-state index is -0.653. The number of ether oxygens (including phenoxy) is 1. The maximum atomic E-state index is 11.7. The van der Waals surface area contributed by atoms with Gasteiger partial charge in [-0.2, -0.15) is 0 Å². The summed E-state index contributed by atoms with van der Waals surface area (Å²) in [5, 5.41) is 0. The fourth-order valence-electron chi connectivity index (χ4n) is 2.14. The van der Waals surface area contributed by atoms with E-state index in [4.69, 9.17) is 11.2 Å². The van der Waals surface area contributed by atoms with Gasteiger partial charge < -0.3 is 4.74 Å². The van der Waals surface area contributed by atoms with Crippen molar-refractivity contribution in [3.8, 4) is 12.3 Å². The first-order valence-corrected chi connectivity index (χ1v) is 5.40. The summed E-state index contributed by atoms with van der Waals surface area (Å²) in [6.07, 6.45) is 11.3. The number of terminal acetylenes is 1. The van der Waals surface area contributed by atoms with Gasteiger partial charge in [0.25, 0.3) is 0 Å². The van der Waals surface area contributed by atoms with Gasteiger partial charge in [-0.25, -0.2) is 0 Å². The highest BCUT2D eigenvalue weighted by molar-refractivity contribution is 6.01. The maximum absolute atomic E-state index is 11.7. The van der Waals surface area contributed by atoms with Gasteiger partial charge in [0.15, 0.2) is 0 Å². The van der Waals surface area contributed by atoms with Gasteiger partial charge in [-0.1, -0.05) is 25.7 Å². The van der Waals surface area contributed by atoms with Gasteiger partial charge in [0, 0.05) is 6.61 Å². The van der Waals surface area contributed by atoms with Crippen LogP contribution in [0.4, 0.5) is 0 Å². The molecule has 0 radical (unpaired) electrons. The predicted molar refractivity (Wildman–Crippen MR) is 55.9 cm³/mol. The molecule has 14 heavy (non-hydrogen) atoms. The van der Waals surface area contributed by atoms with Gasteiger partial charge in [-0.05, 0) is 25.7 Å². The molecule has 1 aliphatic carbocycles. The van der Waals surface area contributed by atoms with Crippen LogP contribution in [-0.4, -0.2) is 18.0 Å². The van der Waals surface area contributed by atoms with E-state index in [9.17, 15) is 4.79 Å². The van der Waals surface area contributed by atoms with E-state index in [-0.39, 0.29) is 5.78 Å². The van der Waals surface area contributed by atoms with Gasteiger partial charge in [0.05, 0.1) is 0 Å². The van der Waals surface area contributed by atoms with Crippen LogP contribution < -0.4 is 0 Å². The average Bonchev–Trinajstić information content (AvgIpc) is 2.44. The molecule has 0 amide bonds. The Morgan fingerprint density at radius 1 is 1.36 bits per heavy atom. The van der Waals surface area contributed by atoms with Gasteiger partial charge in [0.2, 0.25) is 5.78 Å². The lowest BCUT2D eigenvalue weighted by Crippen LogP contribution is -2.40. The van der Waals surface area contributed by atoms with Gasteiger partial charge in [-0.3, -0.25) is 4.79 Å². The third-order valence-corrected chi connectivity index (χ3v) is 2.88. The molecule has 1 rings (SSSR count). The number of hydrogen-bond acceptors (Lipinski definition) is 2. The van der Waals surface area contributed by atoms with E-state index in [2.05, 4.69) is 5.92 Å². The van der Waals surface area contributed by atoms with Crippen LogP contribution in [0.25, 0.3) is 0 Å². The van der Waals surface area contributed by atoms with Crippen molar-refractivity contribution in [3.05, 3.63) is 0 Å². The molecule has 0 saturated heterocycles. The molecule has 0 aromatic rings. The van der Waals surface area contributed by atoms with Gasteiger partial charge in [0.1, 0.15) is 5.60 Å². The highest BCUT2D eigenvalue weighted by Gasteiger charge is 2.37. The number of Topliss-reactive ketones (excluding diaryl/α,β-unsaturated/α-hetero) is 1. The van der Waals surface area contributed by atoms with E-state index >= 15 is 0 Å². The SMILES string of the molecule is C#CC(=O)C1(OCC)CCCCCC1. The molecule has 0 spiro atoms. The molecular weight excluding hydrogens is 176 g/mol. The lowest BCUT2D eigenvalue weighted by Gasteiger charge is -2.28. The summed E-state index contributed by atoms with van der Waals surface area (Å²) in [4.78, 5) is 11.7. The number of ketones is 1. The molecule has 0 N–H and O–H groups in total. The maximum Gasteiger partial charge on any atom is 0.236 e. The molecule has 1 fully saturated rings. The Labute approximate surface area is 86.0 Å². The summed E-state index contributed by atoms with van der Waals surface area (Å²) in [7, 11) is 0. The molecule has 2 nitrogen and oxygen atoms in total. The number of rotatable bonds is 3. The minimum absolute atomic E-state index is 0.166. The highest BCUT2D eigenvalue weighted by atomic mass is 16.5. The molecular formula is C12H18O2. The van der Waals surface area contributed by atoms with Crippen molar-refractivity contribution >= 4 is 5.78 Å². The molecule has 2 heteroatoms. The molecule has 0 atom stereocenters. The minimum Gasteiger partial charge on any atom is -0.366 e. The third kappa shape index (κ3) is 2.36. The first kappa shape index (κ1) is 11.3. The fraction of sp³-hybridized carbons (Fsp3) is 0.750. The van der Waals surface area contributed by atoms with E-state index in [1.165, 1.54) is 12.8 Å². The van der Waals surface area contributed by atoms with E-state index in [0.29, 0.717) is 6.61 Å². The van der Waals surface area contributed by atoms with Crippen molar-refractivity contribution in [2.45, 2.75) is 51.0 Å². The van der Waals surface area contributed by atoms with Crippen molar-refractivity contribution in [2.24, 2.45) is 0 Å². The van der Waals surface area contributed by atoms with Crippen LogP contribution in [0.2, 0.25) is 0 Å². The van der Waals surface area contributed by atoms with Crippen LogP contribution in [0.1, 0.15) is 45.4 Å². The molecule has 78 valence electrons. The highest BCUT2D eigenvalue weighted by Crippen LogP contribution is 2.31. The fourth-order valence-corrected chi connectivity index (χ4v) is 2.14. The Balaban J connectivity index is 2.78.